The minimum atomic E-state index is -1.80. The molecule has 3 N–H and O–H groups in total. The summed E-state index contributed by atoms with van der Waals surface area (Å²) in [6.07, 6.45) is 3.44. The average molecular weight is 1170 g/mol. The number of aliphatic hydroxyl groups is 2. The first-order chi connectivity index (χ1) is 39.2. The molecule has 3 aromatic carbocycles. The zero-order valence-electron chi connectivity index (χ0n) is 47.8. The third-order valence-corrected chi connectivity index (χ3v) is 17.3. The van der Waals surface area contributed by atoms with Crippen LogP contribution in [0.3, 0.4) is 0 Å². The summed E-state index contributed by atoms with van der Waals surface area (Å²) in [5.74, 6) is -0.330. The van der Waals surface area contributed by atoms with Gasteiger partial charge in [0.1, 0.15) is 41.2 Å². The molecule has 4 aromatic rings. The molecule has 0 spiro atoms. The molecule has 1 saturated heterocycles. The molecule has 0 bridgehead atoms. The Labute approximate surface area is 489 Å². The summed E-state index contributed by atoms with van der Waals surface area (Å²) < 4.78 is 31.4. The lowest BCUT2D eigenvalue weighted by Crippen LogP contribution is -2.57. The summed E-state index contributed by atoms with van der Waals surface area (Å²) in [6.45, 7) is 17.8. The molecule has 19 nitrogen and oxygen atoms in total. The number of fused-ring (bicyclic) bond motifs is 2. The van der Waals surface area contributed by atoms with Crippen LogP contribution < -0.4 is 14.8 Å². The van der Waals surface area contributed by atoms with Crippen molar-refractivity contribution in [2.75, 3.05) is 66.3 Å². The number of hydrogen-bond acceptors (Lipinski definition) is 14. The number of aliphatic hydroxyl groups excluding tert-OH is 1. The van der Waals surface area contributed by atoms with E-state index >= 15 is 4.79 Å². The first-order valence-corrected chi connectivity index (χ1v) is 29.0. The van der Waals surface area contributed by atoms with Crippen molar-refractivity contribution in [2.45, 2.75) is 110 Å². The van der Waals surface area contributed by atoms with Gasteiger partial charge < -0.3 is 49.0 Å². The number of benzene rings is 3. The van der Waals surface area contributed by atoms with Gasteiger partial charge in [0.15, 0.2) is 5.78 Å². The van der Waals surface area contributed by atoms with Gasteiger partial charge >= 0.3 is 6.03 Å². The number of rotatable bonds is 20. The molecule has 0 unspecified atom stereocenters. The van der Waals surface area contributed by atoms with Crippen LogP contribution in [-0.2, 0) is 41.7 Å². The van der Waals surface area contributed by atoms with E-state index in [2.05, 4.69) is 36.1 Å². The van der Waals surface area contributed by atoms with E-state index in [1.165, 1.54) is 9.80 Å². The van der Waals surface area contributed by atoms with Crippen molar-refractivity contribution < 1.29 is 53.1 Å². The number of allylic oxidation sites excluding steroid dienone is 1. The number of urea groups is 1. The largest absolute Gasteiger partial charge is 0.497 e. The molecule has 9 atom stereocenters. The second-order valence-electron chi connectivity index (χ2n) is 23.1. The Bertz CT molecular complexity index is 3040. The Balaban J connectivity index is 0.727. The van der Waals surface area contributed by atoms with E-state index in [0.29, 0.717) is 69.7 Å². The molecule has 3 aliphatic carbocycles. The fraction of sp³-hybridized carbons (Fsp3) is 0.525. The fourth-order valence-corrected chi connectivity index (χ4v) is 12.5. The maximum absolute atomic E-state index is 15.1. The summed E-state index contributed by atoms with van der Waals surface area (Å²) in [5, 5.41) is 35.9. The highest BCUT2D eigenvalue weighted by molar-refractivity contribution is 6.30. The monoisotopic (exact) mass is 1170 g/mol. The zero-order valence-corrected chi connectivity index (χ0v) is 49.3. The number of ether oxygens (including phenoxy) is 5. The van der Waals surface area contributed by atoms with Crippen molar-refractivity contribution >= 4 is 52.7 Å². The molecular formula is C61H76Cl2N8O11. The van der Waals surface area contributed by atoms with Crippen LogP contribution in [0, 0.1) is 29.1 Å². The summed E-state index contributed by atoms with van der Waals surface area (Å²) >= 11 is 12.7. The highest BCUT2D eigenvalue weighted by atomic mass is 35.5. The van der Waals surface area contributed by atoms with E-state index in [9.17, 15) is 24.6 Å². The van der Waals surface area contributed by atoms with Crippen molar-refractivity contribution in [3.63, 3.8) is 0 Å². The number of carbonyl (C=O) groups excluding carboxylic acids is 4. The highest BCUT2D eigenvalue weighted by Gasteiger charge is 2.61. The topological polar surface area (TPSA) is 220 Å². The number of aromatic nitrogens is 3. The highest BCUT2D eigenvalue weighted by Crippen LogP contribution is 2.62. The van der Waals surface area contributed by atoms with E-state index < -0.39 is 41.8 Å². The molecule has 2 saturated carbocycles. The summed E-state index contributed by atoms with van der Waals surface area (Å²) in [7, 11) is 1.57. The molecule has 21 heteroatoms. The number of Topliss-reactive ketones (excluding diaryl/α,β-unsaturated/α-hetero) is 1. The Hall–Kier alpha value is -6.19. The average Bonchev–Trinajstić information content (AvgIpc) is 3.16. The first-order valence-electron chi connectivity index (χ1n) is 28.2. The number of amides is 4. The van der Waals surface area contributed by atoms with Crippen LogP contribution in [0.5, 0.6) is 11.5 Å². The van der Waals surface area contributed by atoms with Crippen molar-refractivity contribution in [1.29, 1.82) is 0 Å². The van der Waals surface area contributed by atoms with Crippen molar-refractivity contribution in [2.24, 2.45) is 34.1 Å². The van der Waals surface area contributed by atoms with Gasteiger partial charge in [-0.15, -0.1) is 5.10 Å². The molecule has 9 rings (SSSR count). The molecule has 82 heavy (non-hydrogen) atoms. The Kier molecular flexibility index (Phi) is 19.0. The van der Waals surface area contributed by atoms with E-state index in [4.69, 9.17) is 51.9 Å². The number of halogens is 2. The standard InChI is InChI=1S/C61H76Cl2N8O11/c1-36(2)82-49-30-45(78-8)18-19-46(49)58-65-53(40-10-14-42(62)15-11-40)54(41-12-16-43(63)17-13-41)71(58)59(76)69-23-22-68(51(73)34-69)33-50(72)64-21-25-79-27-28-80-26-24-70-32-44(66-67-70)35-81-56-37(3)9-20-47-48(60(47,6)7)29-38(4)57(75)61(77)31-39(5)55(74)52(56)61/h10-19,29-30,32,36,39,47-48,52-56,74,77H,3,9,20-28,31,33-35H2,1-2,4-8H3,(H,64,72)/b38-29+/t39-,47-,48+,52+,53+,54-,55-,56-,61+/m0/s1. The maximum atomic E-state index is 15.1. The van der Waals surface area contributed by atoms with E-state index in [0.717, 1.165) is 23.1 Å². The minimum Gasteiger partial charge on any atom is -0.497 e. The van der Waals surface area contributed by atoms with Gasteiger partial charge in [-0.3, -0.25) is 24.3 Å². The number of aliphatic imine (C=N–C) groups is 1. The normalized spacial score (nSPS) is 26.9. The number of nitrogens with zero attached hydrogens (tertiary/aromatic N) is 7. The third-order valence-electron chi connectivity index (χ3n) is 16.8. The van der Waals surface area contributed by atoms with Gasteiger partial charge in [-0.2, -0.15) is 0 Å². The second-order valence-corrected chi connectivity index (χ2v) is 24.0. The molecular weight excluding hydrogens is 1090 g/mol. The van der Waals surface area contributed by atoms with Crippen molar-refractivity contribution in [3.05, 3.63) is 129 Å². The lowest BCUT2D eigenvalue weighted by atomic mass is 9.77. The molecule has 4 amide bonds. The maximum Gasteiger partial charge on any atom is 0.326 e. The minimum absolute atomic E-state index is 0.0375. The van der Waals surface area contributed by atoms with Crippen molar-refractivity contribution in [1.82, 2.24) is 35.0 Å². The predicted octanol–water partition coefficient (Wildman–Crippen LogP) is 7.81. The van der Waals surface area contributed by atoms with Gasteiger partial charge in [0.05, 0.1) is 95.3 Å². The number of methoxy groups -OCH3 is 1. The van der Waals surface area contributed by atoms with Gasteiger partial charge in [-0.05, 0) is 122 Å². The summed E-state index contributed by atoms with van der Waals surface area (Å²) in [5.41, 5.74) is 2.19. The lowest BCUT2D eigenvalue weighted by Gasteiger charge is -2.38. The first kappa shape index (κ1) is 60.4. The second kappa shape index (κ2) is 25.7. The molecule has 2 aliphatic heterocycles. The quantitative estimate of drug-likeness (QED) is 0.0569. The van der Waals surface area contributed by atoms with Gasteiger partial charge in [-0.1, -0.05) is 86.1 Å². The van der Waals surface area contributed by atoms with Gasteiger partial charge in [-0.25, -0.2) is 9.48 Å². The molecule has 3 fully saturated rings. The Morgan fingerprint density at radius 3 is 2.33 bits per heavy atom. The number of hydrogen-bond donors (Lipinski definition) is 3. The predicted molar refractivity (Wildman–Crippen MR) is 308 cm³/mol. The van der Waals surface area contributed by atoms with Crippen LogP contribution >= 0.6 is 23.2 Å². The summed E-state index contributed by atoms with van der Waals surface area (Å²) in [4.78, 5) is 65.7. The SMILES string of the molecule is C=C1CC[C@H]2[C@@H](/C=C(\C)C(=O)[C@@]3(O)C[C@H](C)[C@H](O)[C@@H]3[C@H]1OCc1cn(CCOCCOCCNC(=O)CN3CCN(C(=O)N4C(c5ccc(OC)cc5OC(C)C)=N[C@H](c5ccc(Cl)cc5)[C@@H]4c4ccc(Cl)cc4)CC3=O)nn1)C2(C)C. The Morgan fingerprint density at radius 1 is 0.951 bits per heavy atom. The summed E-state index contributed by atoms with van der Waals surface area (Å²) in [6, 6.07) is 18.3. The number of amidine groups is 1. The van der Waals surface area contributed by atoms with Crippen LogP contribution in [0.1, 0.15) is 95.3 Å². The van der Waals surface area contributed by atoms with E-state index in [-0.39, 0.29) is 107 Å². The molecule has 440 valence electrons. The fourth-order valence-electron chi connectivity index (χ4n) is 12.2. The van der Waals surface area contributed by atoms with Gasteiger partial charge in [0, 0.05) is 35.7 Å². The smallest absolute Gasteiger partial charge is 0.326 e. The van der Waals surface area contributed by atoms with Gasteiger partial charge in [0.25, 0.3) is 0 Å². The Morgan fingerprint density at radius 2 is 1.65 bits per heavy atom. The molecule has 5 aliphatic rings. The van der Waals surface area contributed by atoms with Crippen LogP contribution in [-0.4, -0.2) is 160 Å². The number of nitrogens with one attached hydrogen (secondary N) is 1. The van der Waals surface area contributed by atoms with Crippen LogP contribution in [0.4, 0.5) is 4.79 Å². The lowest BCUT2D eigenvalue weighted by molar-refractivity contribution is -0.148. The molecule has 3 heterocycles. The number of piperazine rings is 1. The van der Waals surface area contributed by atoms with E-state index in [1.54, 1.807) is 66.2 Å². The van der Waals surface area contributed by atoms with Crippen LogP contribution in [0.2, 0.25) is 10.0 Å². The number of ketones is 1. The van der Waals surface area contributed by atoms with Crippen molar-refractivity contribution in [3.8, 4) is 11.5 Å². The third kappa shape index (κ3) is 13.3. The van der Waals surface area contributed by atoms with E-state index in [1.807, 2.05) is 57.2 Å². The zero-order chi connectivity index (χ0) is 58.6. The number of carbonyl (C=O) groups is 4. The molecule has 1 aromatic heterocycles. The van der Waals surface area contributed by atoms with Gasteiger partial charge in [0.2, 0.25) is 11.8 Å². The van der Waals surface area contributed by atoms with Crippen LogP contribution in [0.15, 0.2) is 102 Å². The van der Waals surface area contributed by atoms with Crippen LogP contribution in [0.25, 0.3) is 0 Å². The molecule has 0 radical (unpaired) electrons.